The number of hydrogen-bond donors (Lipinski definition) is 1. The Balaban J connectivity index is 1.81. The van der Waals surface area contributed by atoms with Crippen LogP contribution in [0, 0.1) is 21.7 Å². The summed E-state index contributed by atoms with van der Waals surface area (Å²) in [6.07, 6.45) is 4.09. The summed E-state index contributed by atoms with van der Waals surface area (Å²) in [6.45, 7) is -0.466. The molecule has 0 aliphatic heterocycles. The molecule has 0 aliphatic carbocycles. The fraction of sp³-hybridized carbons (Fsp3) is 0.167. The van der Waals surface area contributed by atoms with Gasteiger partial charge in [0.1, 0.15) is 29.9 Å². The van der Waals surface area contributed by atoms with Gasteiger partial charge in [-0.25, -0.2) is 18.4 Å². The van der Waals surface area contributed by atoms with Crippen molar-refractivity contribution in [3.8, 4) is 0 Å². The zero-order valence-corrected chi connectivity index (χ0v) is 14.8. The van der Waals surface area contributed by atoms with E-state index in [1.165, 1.54) is 46.4 Å². The van der Waals surface area contributed by atoms with E-state index in [0.29, 0.717) is 17.0 Å². The molecule has 0 saturated carbocycles. The molecule has 4 rings (SSSR count). The SMILES string of the molecule is O=[N+]([O-])c1ccc2cnn(CC(O)(Cn3cncn3)c3ccc(F)cc3F)c2c1. The zero-order chi connectivity index (χ0) is 20.6. The normalized spacial score (nSPS) is 13.5. The van der Waals surface area contributed by atoms with Crippen LogP contribution in [0.4, 0.5) is 14.5 Å². The topological polar surface area (TPSA) is 112 Å². The highest BCUT2D eigenvalue weighted by Gasteiger charge is 2.35. The predicted octanol–water partition coefficient (Wildman–Crippen LogP) is 2.40. The average Bonchev–Trinajstić information content (AvgIpc) is 3.31. The van der Waals surface area contributed by atoms with Crippen molar-refractivity contribution in [1.29, 1.82) is 0 Å². The van der Waals surface area contributed by atoms with Gasteiger partial charge in [0.2, 0.25) is 0 Å². The lowest BCUT2D eigenvalue weighted by Gasteiger charge is -2.29. The minimum atomic E-state index is -1.89. The average molecular weight is 400 g/mol. The molecule has 0 amide bonds. The Labute approximate surface area is 162 Å². The number of rotatable bonds is 6. The summed E-state index contributed by atoms with van der Waals surface area (Å²) in [7, 11) is 0. The highest BCUT2D eigenvalue weighted by molar-refractivity contribution is 5.81. The number of halogens is 2. The van der Waals surface area contributed by atoms with Gasteiger partial charge < -0.3 is 5.11 Å². The number of benzene rings is 2. The molecule has 0 aliphatic rings. The van der Waals surface area contributed by atoms with Gasteiger partial charge in [0.15, 0.2) is 0 Å². The van der Waals surface area contributed by atoms with Gasteiger partial charge in [0, 0.05) is 29.1 Å². The maximum atomic E-state index is 14.5. The van der Waals surface area contributed by atoms with Gasteiger partial charge >= 0.3 is 0 Å². The summed E-state index contributed by atoms with van der Waals surface area (Å²) in [4.78, 5) is 14.4. The number of nitrogens with zero attached hydrogens (tertiary/aromatic N) is 6. The molecule has 0 spiro atoms. The number of fused-ring (bicyclic) bond motifs is 1. The van der Waals surface area contributed by atoms with Crippen molar-refractivity contribution in [2.24, 2.45) is 0 Å². The summed E-state index contributed by atoms with van der Waals surface area (Å²) < 4.78 is 30.5. The first-order valence-corrected chi connectivity index (χ1v) is 8.46. The maximum Gasteiger partial charge on any atom is 0.271 e. The zero-order valence-electron chi connectivity index (χ0n) is 14.8. The number of hydrogen-bond acceptors (Lipinski definition) is 6. The number of aliphatic hydroxyl groups is 1. The molecule has 1 N–H and O–H groups in total. The molecule has 0 saturated heterocycles. The monoisotopic (exact) mass is 400 g/mol. The van der Waals surface area contributed by atoms with Gasteiger partial charge in [0.25, 0.3) is 5.69 Å². The van der Waals surface area contributed by atoms with Gasteiger partial charge in [-0.2, -0.15) is 10.2 Å². The van der Waals surface area contributed by atoms with Gasteiger partial charge in [-0.3, -0.25) is 14.8 Å². The lowest BCUT2D eigenvalue weighted by molar-refractivity contribution is -0.384. The van der Waals surface area contributed by atoms with Gasteiger partial charge in [-0.05, 0) is 12.1 Å². The molecule has 4 aromatic rings. The first-order valence-electron chi connectivity index (χ1n) is 8.46. The van der Waals surface area contributed by atoms with E-state index in [9.17, 15) is 24.0 Å². The van der Waals surface area contributed by atoms with Crippen LogP contribution in [0.5, 0.6) is 0 Å². The fourth-order valence-corrected chi connectivity index (χ4v) is 3.22. The van der Waals surface area contributed by atoms with E-state index in [1.54, 1.807) is 0 Å². The molecular weight excluding hydrogens is 386 g/mol. The van der Waals surface area contributed by atoms with Crippen LogP contribution in [0.3, 0.4) is 0 Å². The van der Waals surface area contributed by atoms with Crippen molar-refractivity contribution in [1.82, 2.24) is 24.5 Å². The molecule has 2 heterocycles. The second-order valence-corrected chi connectivity index (χ2v) is 6.55. The third kappa shape index (κ3) is 3.55. The van der Waals surface area contributed by atoms with Crippen LogP contribution >= 0.6 is 0 Å². The van der Waals surface area contributed by atoms with E-state index in [-0.39, 0.29) is 24.3 Å². The Morgan fingerprint density at radius 1 is 1.14 bits per heavy atom. The summed E-state index contributed by atoms with van der Waals surface area (Å²) in [5.41, 5.74) is -1.82. The van der Waals surface area contributed by atoms with E-state index in [4.69, 9.17) is 0 Å². The van der Waals surface area contributed by atoms with E-state index >= 15 is 0 Å². The van der Waals surface area contributed by atoms with E-state index in [0.717, 1.165) is 12.1 Å². The molecular formula is C18H14F2N6O3. The van der Waals surface area contributed by atoms with Crippen LogP contribution in [0.2, 0.25) is 0 Å². The largest absolute Gasteiger partial charge is 0.381 e. The Kier molecular flexibility index (Phi) is 4.51. The fourth-order valence-electron chi connectivity index (χ4n) is 3.22. The van der Waals surface area contributed by atoms with E-state index in [2.05, 4.69) is 15.2 Å². The van der Waals surface area contributed by atoms with Crippen LogP contribution in [0.25, 0.3) is 10.9 Å². The van der Waals surface area contributed by atoms with Gasteiger partial charge in [-0.1, -0.05) is 6.07 Å². The number of aromatic nitrogens is 5. The predicted molar refractivity (Wildman–Crippen MR) is 96.7 cm³/mol. The summed E-state index contributed by atoms with van der Waals surface area (Å²) >= 11 is 0. The highest BCUT2D eigenvalue weighted by Crippen LogP contribution is 2.30. The molecule has 29 heavy (non-hydrogen) atoms. The Morgan fingerprint density at radius 3 is 2.66 bits per heavy atom. The van der Waals surface area contributed by atoms with Crippen molar-refractivity contribution in [2.75, 3.05) is 0 Å². The molecule has 2 aromatic heterocycles. The van der Waals surface area contributed by atoms with Crippen LogP contribution in [0.15, 0.2) is 55.2 Å². The Hall–Kier alpha value is -3.73. The first-order chi connectivity index (χ1) is 13.9. The first kappa shape index (κ1) is 18.6. The molecule has 0 bridgehead atoms. The van der Waals surface area contributed by atoms with E-state index < -0.39 is 22.2 Å². The standard InChI is InChI=1S/C18H14F2N6O3/c19-13-2-4-15(16(20)5-13)18(27,8-24-11-21-10-23-24)9-25-17-6-14(26(28)29)3-1-12(17)7-22-25/h1-7,10-11,27H,8-9H2. The number of nitro groups is 1. The van der Waals surface area contributed by atoms with Crippen molar-refractivity contribution in [3.63, 3.8) is 0 Å². The summed E-state index contributed by atoms with van der Waals surface area (Å²) in [5.74, 6) is -1.72. The van der Waals surface area contributed by atoms with Crippen molar-refractivity contribution >= 4 is 16.6 Å². The Morgan fingerprint density at radius 2 is 1.97 bits per heavy atom. The van der Waals surface area contributed by atoms with Gasteiger partial charge in [-0.15, -0.1) is 0 Å². The maximum absolute atomic E-state index is 14.5. The summed E-state index contributed by atoms with van der Waals surface area (Å²) in [6, 6.07) is 7.06. The quantitative estimate of drug-likeness (QED) is 0.393. The third-order valence-electron chi connectivity index (χ3n) is 4.57. The molecule has 11 heteroatoms. The molecule has 2 aromatic carbocycles. The van der Waals surface area contributed by atoms with Crippen LogP contribution in [-0.2, 0) is 18.7 Å². The molecule has 1 atom stereocenters. The second kappa shape index (κ2) is 7.02. The minimum Gasteiger partial charge on any atom is -0.381 e. The van der Waals surface area contributed by atoms with Crippen molar-refractivity contribution in [3.05, 3.63) is 82.6 Å². The highest BCUT2D eigenvalue weighted by atomic mass is 19.1. The minimum absolute atomic E-state index is 0.146. The Bertz CT molecular complexity index is 1190. The van der Waals surface area contributed by atoms with Crippen LogP contribution < -0.4 is 0 Å². The van der Waals surface area contributed by atoms with Crippen molar-refractivity contribution in [2.45, 2.75) is 18.7 Å². The number of nitro benzene ring substituents is 1. The summed E-state index contributed by atoms with van der Waals surface area (Å²) in [5, 5.41) is 31.2. The van der Waals surface area contributed by atoms with Crippen LogP contribution in [-0.4, -0.2) is 34.6 Å². The van der Waals surface area contributed by atoms with Gasteiger partial charge in [0.05, 0.1) is 29.7 Å². The van der Waals surface area contributed by atoms with Crippen molar-refractivity contribution < 1.29 is 18.8 Å². The molecule has 0 radical (unpaired) electrons. The molecule has 148 valence electrons. The molecule has 1 unspecified atom stereocenters. The molecule has 9 nitrogen and oxygen atoms in total. The lowest BCUT2D eigenvalue weighted by atomic mass is 9.92. The third-order valence-corrected chi connectivity index (χ3v) is 4.57. The second-order valence-electron chi connectivity index (χ2n) is 6.55. The smallest absolute Gasteiger partial charge is 0.271 e. The van der Waals surface area contributed by atoms with E-state index in [1.807, 2.05) is 0 Å². The number of non-ortho nitro benzene ring substituents is 1. The molecule has 0 fully saturated rings. The lowest BCUT2D eigenvalue weighted by Crippen LogP contribution is -2.37. The van der Waals surface area contributed by atoms with Crippen LogP contribution in [0.1, 0.15) is 5.56 Å².